The summed E-state index contributed by atoms with van der Waals surface area (Å²) in [4.78, 5) is 15.4. The number of carboxylic acids is 1. The highest BCUT2D eigenvalue weighted by Gasteiger charge is 2.34. The van der Waals surface area contributed by atoms with Crippen molar-refractivity contribution in [2.24, 2.45) is 0 Å². The molecule has 1 aliphatic rings. The minimum Gasteiger partial charge on any atom is -0.493 e. The van der Waals surface area contributed by atoms with Crippen molar-refractivity contribution in [3.05, 3.63) is 94.1 Å². The Morgan fingerprint density at radius 2 is 1.88 bits per heavy atom. The number of para-hydroxylation sites is 1. The van der Waals surface area contributed by atoms with Crippen LogP contribution in [-0.4, -0.2) is 29.2 Å². The van der Waals surface area contributed by atoms with Gasteiger partial charge in [-0.15, -0.1) is 0 Å². The van der Waals surface area contributed by atoms with Gasteiger partial charge in [0, 0.05) is 28.0 Å². The molecule has 5 rings (SSSR count). The van der Waals surface area contributed by atoms with E-state index in [2.05, 4.69) is 10.3 Å². The number of ether oxygens (including phenoxy) is 2. The largest absolute Gasteiger partial charge is 0.493 e. The minimum atomic E-state index is -0.870. The van der Waals surface area contributed by atoms with Crippen LogP contribution in [0.4, 0.5) is 0 Å². The van der Waals surface area contributed by atoms with Gasteiger partial charge < -0.3 is 19.6 Å². The van der Waals surface area contributed by atoms with Crippen molar-refractivity contribution in [1.29, 1.82) is 0 Å². The van der Waals surface area contributed by atoms with E-state index in [0.717, 1.165) is 33.3 Å². The lowest BCUT2D eigenvalue weighted by Gasteiger charge is -2.30. The van der Waals surface area contributed by atoms with Crippen molar-refractivity contribution in [2.45, 2.75) is 25.1 Å². The molecule has 0 fully saturated rings. The summed E-state index contributed by atoms with van der Waals surface area (Å²) in [5.74, 6) is 0.322. The molecule has 1 aliphatic heterocycles. The number of rotatable bonds is 6. The third-order valence-corrected chi connectivity index (χ3v) is 6.29. The Morgan fingerprint density at radius 1 is 1.09 bits per heavy atom. The maximum atomic E-state index is 11.9. The molecule has 33 heavy (non-hydrogen) atoms. The fourth-order valence-corrected chi connectivity index (χ4v) is 4.51. The number of aromatic nitrogens is 1. The highest BCUT2D eigenvalue weighted by atomic mass is 35.5. The predicted molar refractivity (Wildman–Crippen MR) is 127 cm³/mol. The Balaban J connectivity index is 1.48. The smallest absolute Gasteiger partial charge is 0.321 e. The standard InChI is InChI=1S/C26H23ClN2O4/c1-32-23-12-16(8-11-22(23)33-14-15-6-9-17(27)10-7-15)24-25-19(13-21(29-24)26(30)31)18-4-2-3-5-20(18)28-25/h2-12,21,24,28-29H,13-14H2,1H3,(H,30,31)/t21-,24?/m1/s1. The van der Waals surface area contributed by atoms with Gasteiger partial charge in [0.15, 0.2) is 11.5 Å². The molecule has 0 aliphatic carbocycles. The molecule has 0 spiro atoms. The highest BCUT2D eigenvalue weighted by Crippen LogP contribution is 2.38. The van der Waals surface area contributed by atoms with E-state index >= 15 is 0 Å². The first-order valence-electron chi connectivity index (χ1n) is 10.7. The van der Waals surface area contributed by atoms with Crippen molar-refractivity contribution < 1.29 is 19.4 Å². The monoisotopic (exact) mass is 462 g/mol. The molecule has 3 aromatic carbocycles. The van der Waals surface area contributed by atoms with E-state index < -0.39 is 12.0 Å². The van der Waals surface area contributed by atoms with Crippen LogP contribution >= 0.6 is 11.6 Å². The number of aromatic amines is 1. The number of hydrogen-bond donors (Lipinski definition) is 3. The first-order valence-corrected chi connectivity index (χ1v) is 11.0. The van der Waals surface area contributed by atoms with Crippen LogP contribution in [0.15, 0.2) is 66.7 Å². The summed E-state index contributed by atoms with van der Waals surface area (Å²) in [5.41, 5.74) is 4.89. The predicted octanol–water partition coefficient (Wildman–Crippen LogP) is 5.10. The fraction of sp³-hybridized carbons (Fsp3) is 0.192. The second-order valence-corrected chi connectivity index (χ2v) is 8.52. The van der Waals surface area contributed by atoms with E-state index in [1.165, 1.54) is 0 Å². The summed E-state index contributed by atoms with van der Waals surface area (Å²) < 4.78 is 11.6. The van der Waals surface area contributed by atoms with Gasteiger partial charge in [0.05, 0.1) is 13.2 Å². The van der Waals surface area contributed by atoms with Gasteiger partial charge in [0.1, 0.15) is 12.6 Å². The van der Waals surface area contributed by atoms with Crippen LogP contribution < -0.4 is 14.8 Å². The van der Waals surface area contributed by atoms with E-state index in [9.17, 15) is 9.90 Å². The number of halogens is 1. The van der Waals surface area contributed by atoms with Crippen LogP contribution in [0.2, 0.25) is 5.02 Å². The fourth-order valence-electron chi connectivity index (χ4n) is 4.38. The highest BCUT2D eigenvalue weighted by molar-refractivity contribution is 6.30. The van der Waals surface area contributed by atoms with Gasteiger partial charge in [-0.25, -0.2) is 0 Å². The Morgan fingerprint density at radius 3 is 2.64 bits per heavy atom. The molecule has 0 amide bonds. The van der Waals surface area contributed by atoms with E-state index in [4.69, 9.17) is 21.1 Å². The van der Waals surface area contributed by atoms with E-state index in [-0.39, 0.29) is 6.04 Å². The lowest BCUT2D eigenvalue weighted by atomic mass is 9.90. The number of fused-ring (bicyclic) bond motifs is 3. The third kappa shape index (κ3) is 4.15. The van der Waals surface area contributed by atoms with Crippen molar-refractivity contribution >= 4 is 28.5 Å². The summed E-state index contributed by atoms with van der Waals surface area (Å²) in [5, 5.41) is 14.8. The molecule has 0 saturated carbocycles. The van der Waals surface area contributed by atoms with Crippen LogP contribution in [0.5, 0.6) is 11.5 Å². The molecule has 0 bridgehead atoms. The van der Waals surface area contributed by atoms with E-state index in [0.29, 0.717) is 29.5 Å². The Hall–Kier alpha value is -3.48. The normalized spacial score (nSPS) is 17.5. The molecule has 1 aromatic heterocycles. The zero-order valence-corrected chi connectivity index (χ0v) is 18.7. The molecule has 7 heteroatoms. The van der Waals surface area contributed by atoms with Crippen LogP contribution in [0.1, 0.15) is 28.4 Å². The van der Waals surface area contributed by atoms with Crippen molar-refractivity contribution in [3.63, 3.8) is 0 Å². The number of aliphatic carboxylic acids is 1. The minimum absolute atomic E-state index is 0.318. The summed E-state index contributed by atoms with van der Waals surface area (Å²) >= 11 is 5.95. The van der Waals surface area contributed by atoms with Gasteiger partial charge in [-0.1, -0.05) is 48.0 Å². The molecule has 168 valence electrons. The molecule has 2 heterocycles. The first kappa shape index (κ1) is 21.4. The molecule has 0 radical (unpaired) electrons. The van der Waals surface area contributed by atoms with Gasteiger partial charge in [-0.05, 0) is 47.0 Å². The lowest BCUT2D eigenvalue weighted by Crippen LogP contribution is -2.44. The molecule has 3 N–H and O–H groups in total. The summed E-state index contributed by atoms with van der Waals surface area (Å²) in [6.07, 6.45) is 0.421. The number of nitrogens with one attached hydrogen (secondary N) is 2. The Labute approximate surface area is 196 Å². The molecule has 2 atom stereocenters. The van der Waals surface area contributed by atoms with Crippen LogP contribution in [0, 0.1) is 0 Å². The maximum Gasteiger partial charge on any atom is 0.321 e. The zero-order chi connectivity index (χ0) is 22.9. The van der Waals surface area contributed by atoms with E-state index in [1.807, 2.05) is 66.7 Å². The van der Waals surface area contributed by atoms with Gasteiger partial charge >= 0.3 is 5.97 Å². The quantitative estimate of drug-likeness (QED) is 0.371. The van der Waals surface area contributed by atoms with Gasteiger partial charge in [-0.2, -0.15) is 0 Å². The Kier molecular flexibility index (Phi) is 5.70. The zero-order valence-electron chi connectivity index (χ0n) is 18.0. The molecule has 6 nitrogen and oxygen atoms in total. The van der Waals surface area contributed by atoms with Crippen LogP contribution in [0.3, 0.4) is 0 Å². The van der Waals surface area contributed by atoms with Gasteiger partial charge in [0.2, 0.25) is 0 Å². The van der Waals surface area contributed by atoms with Crippen LogP contribution in [0.25, 0.3) is 10.9 Å². The van der Waals surface area contributed by atoms with Crippen LogP contribution in [-0.2, 0) is 17.8 Å². The molecular weight excluding hydrogens is 440 g/mol. The number of hydrogen-bond acceptors (Lipinski definition) is 4. The lowest BCUT2D eigenvalue weighted by molar-refractivity contribution is -0.139. The summed E-state index contributed by atoms with van der Waals surface area (Å²) in [7, 11) is 1.59. The van der Waals surface area contributed by atoms with Crippen molar-refractivity contribution in [2.75, 3.05) is 7.11 Å². The average molecular weight is 463 g/mol. The number of carbonyl (C=O) groups is 1. The second kappa shape index (κ2) is 8.81. The molecule has 4 aromatic rings. The summed E-state index contributed by atoms with van der Waals surface area (Å²) in [6.45, 7) is 0.377. The number of carboxylic acid groups (broad SMARTS) is 1. The molecular formula is C26H23ClN2O4. The average Bonchev–Trinajstić information content (AvgIpc) is 3.21. The molecule has 1 unspecified atom stereocenters. The number of H-pyrrole nitrogens is 1. The second-order valence-electron chi connectivity index (χ2n) is 8.08. The topological polar surface area (TPSA) is 83.6 Å². The third-order valence-electron chi connectivity index (χ3n) is 6.04. The SMILES string of the molecule is COc1cc(C2N[C@@H](C(=O)O)Cc3c2[nH]c2ccccc32)ccc1OCc1ccc(Cl)cc1. The van der Waals surface area contributed by atoms with E-state index in [1.54, 1.807) is 7.11 Å². The number of methoxy groups -OCH3 is 1. The number of benzene rings is 3. The molecule has 0 saturated heterocycles. The summed E-state index contributed by atoms with van der Waals surface area (Å²) in [6, 6.07) is 20.2. The van der Waals surface area contributed by atoms with Crippen molar-refractivity contribution in [3.8, 4) is 11.5 Å². The van der Waals surface area contributed by atoms with Gasteiger partial charge in [-0.3, -0.25) is 10.1 Å². The Bertz CT molecular complexity index is 1320. The first-order chi connectivity index (χ1) is 16.0. The van der Waals surface area contributed by atoms with Crippen molar-refractivity contribution in [1.82, 2.24) is 10.3 Å². The maximum absolute atomic E-state index is 11.9. The van der Waals surface area contributed by atoms with Gasteiger partial charge in [0.25, 0.3) is 0 Å².